The molecule has 0 aromatic heterocycles. The first-order chi connectivity index (χ1) is 9.49. The molecule has 1 N–H and O–H groups in total. The van der Waals surface area contributed by atoms with Crippen LogP contribution < -0.4 is 5.32 Å². The highest BCUT2D eigenvalue weighted by Crippen LogP contribution is 2.29. The van der Waals surface area contributed by atoms with E-state index in [9.17, 15) is 14.5 Å². The lowest BCUT2D eigenvalue weighted by molar-refractivity contribution is -0.384. The van der Waals surface area contributed by atoms with Crippen LogP contribution in [0.3, 0.4) is 0 Å². The van der Waals surface area contributed by atoms with Crippen molar-refractivity contribution >= 4 is 34.0 Å². The van der Waals surface area contributed by atoms with E-state index in [1.165, 1.54) is 6.07 Å². The fourth-order valence-electron chi connectivity index (χ4n) is 1.83. The smallest absolute Gasteiger partial charge is 0.293 e. The topological polar surface area (TPSA) is 55.2 Å². The summed E-state index contributed by atoms with van der Waals surface area (Å²) in [6.07, 6.45) is 0. The van der Waals surface area contributed by atoms with Crippen molar-refractivity contribution in [3.8, 4) is 0 Å². The first-order valence-electron chi connectivity index (χ1n) is 5.91. The first kappa shape index (κ1) is 14.7. The van der Waals surface area contributed by atoms with Crippen molar-refractivity contribution in [2.45, 2.75) is 13.5 Å². The molecule has 0 saturated carbocycles. The van der Waals surface area contributed by atoms with Crippen LogP contribution in [0.2, 0.25) is 0 Å². The van der Waals surface area contributed by atoms with Gasteiger partial charge in [-0.3, -0.25) is 10.1 Å². The molecule has 2 rings (SSSR count). The highest BCUT2D eigenvalue weighted by molar-refractivity contribution is 14.1. The van der Waals surface area contributed by atoms with Crippen LogP contribution >= 0.6 is 22.6 Å². The van der Waals surface area contributed by atoms with Gasteiger partial charge in [-0.05, 0) is 40.6 Å². The number of nitrogens with one attached hydrogen (secondary N) is 1. The average molecular weight is 386 g/mol. The van der Waals surface area contributed by atoms with E-state index in [-0.39, 0.29) is 14.9 Å². The van der Waals surface area contributed by atoms with Crippen LogP contribution in [-0.4, -0.2) is 4.92 Å². The highest BCUT2D eigenvalue weighted by atomic mass is 127. The Bertz CT molecular complexity index is 662. The molecule has 0 amide bonds. The Morgan fingerprint density at radius 1 is 1.35 bits per heavy atom. The number of aryl methyl sites for hydroxylation is 1. The van der Waals surface area contributed by atoms with Gasteiger partial charge in [-0.2, -0.15) is 0 Å². The largest absolute Gasteiger partial charge is 0.375 e. The van der Waals surface area contributed by atoms with Gasteiger partial charge in [-0.15, -0.1) is 0 Å². The Balaban J connectivity index is 2.27. The predicted octanol–water partition coefficient (Wildman–Crippen LogP) is 4.26. The van der Waals surface area contributed by atoms with Crippen LogP contribution in [-0.2, 0) is 6.54 Å². The molecule has 0 unspecified atom stereocenters. The van der Waals surface area contributed by atoms with Crippen molar-refractivity contribution in [1.29, 1.82) is 0 Å². The lowest BCUT2D eigenvalue weighted by Gasteiger charge is -2.10. The summed E-state index contributed by atoms with van der Waals surface area (Å²) < 4.78 is 13.8. The molecule has 0 saturated heterocycles. The third kappa shape index (κ3) is 3.24. The van der Waals surface area contributed by atoms with Crippen molar-refractivity contribution in [3.63, 3.8) is 0 Å². The molecule has 6 heteroatoms. The Morgan fingerprint density at radius 2 is 2.05 bits per heavy atom. The molecule has 20 heavy (non-hydrogen) atoms. The van der Waals surface area contributed by atoms with Crippen molar-refractivity contribution in [1.82, 2.24) is 0 Å². The molecule has 0 radical (unpaired) electrons. The molecular formula is C14H12FIN2O2. The molecule has 0 aliphatic rings. The number of anilines is 1. The summed E-state index contributed by atoms with van der Waals surface area (Å²) in [5.74, 6) is -0.469. The van der Waals surface area contributed by atoms with E-state index in [0.717, 1.165) is 17.2 Å². The van der Waals surface area contributed by atoms with Gasteiger partial charge in [0.25, 0.3) is 5.69 Å². The Labute approximate surface area is 129 Å². The summed E-state index contributed by atoms with van der Waals surface area (Å²) >= 11 is 1.74. The maximum Gasteiger partial charge on any atom is 0.293 e. The maximum absolute atomic E-state index is 13.6. The molecule has 0 heterocycles. The number of rotatable bonds is 4. The van der Waals surface area contributed by atoms with Gasteiger partial charge in [0.1, 0.15) is 11.5 Å². The standard InChI is InChI=1S/C14H12FIN2O2/c1-9-4-2-3-5-10(9)8-17-13-6-11(15)12(16)7-14(13)18(19)20/h2-7,17H,8H2,1H3. The minimum absolute atomic E-state index is 0.121. The van der Waals surface area contributed by atoms with E-state index in [1.54, 1.807) is 22.6 Å². The zero-order valence-corrected chi connectivity index (χ0v) is 12.8. The lowest BCUT2D eigenvalue weighted by Crippen LogP contribution is -2.05. The van der Waals surface area contributed by atoms with E-state index >= 15 is 0 Å². The fraction of sp³-hybridized carbons (Fsp3) is 0.143. The minimum atomic E-state index is -0.512. The summed E-state index contributed by atoms with van der Waals surface area (Å²) in [6, 6.07) is 10.1. The summed E-state index contributed by atoms with van der Waals surface area (Å²) in [5, 5.41) is 13.9. The third-order valence-corrected chi connectivity index (χ3v) is 3.79. The molecule has 2 aromatic carbocycles. The molecule has 104 valence electrons. The zero-order chi connectivity index (χ0) is 14.7. The zero-order valence-electron chi connectivity index (χ0n) is 10.7. The molecule has 0 fully saturated rings. The van der Waals surface area contributed by atoms with E-state index in [1.807, 2.05) is 31.2 Å². The van der Waals surface area contributed by atoms with Crippen molar-refractivity contribution in [3.05, 3.63) is 67.0 Å². The van der Waals surface area contributed by atoms with Crippen molar-refractivity contribution in [2.75, 3.05) is 5.32 Å². The first-order valence-corrected chi connectivity index (χ1v) is 6.98. The number of nitro groups is 1. The Kier molecular flexibility index (Phi) is 4.53. The normalized spacial score (nSPS) is 10.3. The summed E-state index contributed by atoms with van der Waals surface area (Å²) in [4.78, 5) is 10.5. The van der Waals surface area contributed by atoms with Gasteiger partial charge < -0.3 is 5.32 Å². The molecule has 2 aromatic rings. The summed E-state index contributed by atoms with van der Waals surface area (Å²) in [5.41, 5.74) is 2.16. The van der Waals surface area contributed by atoms with Crippen molar-refractivity contribution in [2.24, 2.45) is 0 Å². The van der Waals surface area contributed by atoms with Crippen LogP contribution in [0.25, 0.3) is 0 Å². The van der Waals surface area contributed by atoms with Gasteiger partial charge in [-0.25, -0.2) is 4.39 Å². The number of hydrogen-bond donors (Lipinski definition) is 1. The Hall–Kier alpha value is -1.70. The van der Waals surface area contributed by atoms with Gasteiger partial charge in [0.05, 0.1) is 8.49 Å². The minimum Gasteiger partial charge on any atom is -0.375 e. The third-order valence-electron chi connectivity index (χ3n) is 2.97. The van der Waals surface area contributed by atoms with Gasteiger partial charge in [0.2, 0.25) is 0 Å². The molecule has 0 aliphatic heterocycles. The van der Waals surface area contributed by atoms with E-state index < -0.39 is 10.7 Å². The van der Waals surface area contributed by atoms with E-state index in [4.69, 9.17) is 0 Å². The number of halogens is 2. The van der Waals surface area contributed by atoms with Crippen LogP contribution in [0.5, 0.6) is 0 Å². The van der Waals surface area contributed by atoms with Crippen LogP contribution in [0.4, 0.5) is 15.8 Å². The highest BCUT2D eigenvalue weighted by Gasteiger charge is 2.17. The number of hydrogen-bond acceptors (Lipinski definition) is 3. The van der Waals surface area contributed by atoms with Crippen LogP contribution in [0.15, 0.2) is 36.4 Å². The number of nitro benzene ring substituents is 1. The monoisotopic (exact) mass is 386 g/mol. The predicted molar refractivity (Wildman–Crippen MR) is 84.3 cm³/mol. The van der Waals surface area contributed by atoms with Gasteiger partial charge in [0.15, 0.2) is 0 Å². The Morgan fingerprint density at radius 3 is 2.70 bits per heavy atom. The van der Waals surface area contributed by atoms with Gasteiger partial charge in [0, 0.05) is 18.7 Å². The summed E-state index contributed by atoms with van der Waals surface area (Å²) in [7, 11) is 0. The van der Waals surface area contributed by atoms with E-state index in [2.05, 4.69) is 5.32 Å². The number of benzene rings is 2. The van der Waals surface area contributed by atoms with Gasteiger partial charge in [-0.1, -0.05) is 24.3 Å². The lowest BCUT2D eigenvalue weighted by atomic mass is 10.1. The number of nitrogens with zero attached hydrogens (tertiary/aromatic N) is 1. The molecule has 0 spiro atoms. The van der Waals surface area contributed by atoms with Gasteiger partial charge >= 0.3 is 0 Å². The average Bonchev–Trinajstić information content (AvgIpc) is 2.41. The van der Waals surface area contributed by atoms with E-state index in [0.29, 0.717) is 6.54 Å². The second-order valence-corrected chi connectivity index (χ2v) is 5.48. The molecule has 0 atom stereocenters. The van der Waals surface area contributed by atoms with Crippen LogP contribution in [0.1, 0.15) is 11.1 Å². The second kappa shape index (κ2) is 6.17. The second-order valence-electron chi connectivity index (χ2n) is 4.32. The molecule has 0 bridgehead atoms. The molecule has 0 aliphatic carbocycles. The maximum atomic E-state index is 13.6. The SMILES string of the molecule is Cc1ccccc1CNc1cc(F)c(I)cc1[N+](=O)[O-]. The summed E-state index contributed by atoms with van der Waals surface area (Å²) in [6.45, 7) is 2.37. The van der Waals surface area contributed by atoms with Crippen LogP contribution in [0, 0.1) is 26.4 Å². The van der Waals surface area contributed by atoms with Crippen molar-refractivity contribution < 1.29 is 9.31 Å². The molecular weight excluding hydrogens is 374 g/mol. The quantitative estimate of drug-likeness (QED) is 0.486. The fourth-order valence-corrected chi connectivity index (χ4v) is 2.28. The molecule has 4 nitrogen and oxygen atoms in total.